The smallest absolute Gasteiger partial charge is 0.354 e. The minimum Gasteiger partial charge on any atom is -0.477 e. The van der Waals surface area contributed by atoms with Crippen LogP contribution in [0, 0.1) is 24.1 Å². The Labute approximate surface area is 256 Å². The lowest BCUT2D eigenvalue weighted by Gasteiger charge is -2.47. The number of anilines is 2. The predicted molar refractivity (Wildman–Crippen MR) is 166 cm³/mol. The maximum atomic E-state index is 13.8. The Morgan fingerprint density at radius 2 is 1.89 bits per heavy atom. The Balaban J connectivity index is 0.00000343. The van der Waals surface area contributed by atoms with Gasteiger partial charge in [-0.1, -0.05) is 25.6 Å². The maximum absolute atomic E-state index is 13.8. The van der Waals surface area contributed by atoms with Crippen LogP contribution in [0.2, 0.25) is 0 Å². The van der Waals surface area contributed by atoms with Crippen LogP contribution in [0.25, 0.3) is 5.65 Å². The largest absolute Gasteiger partial charge is 0.477 e. The molecule has 1 aromatic carbocycles. The Hall–Kier alpha value is -4.54. The number of benzene rings is 1. The van der Waals surface area contributed by atoms with Crippen LogP contribution >= 0.6 is 0 Å². The summed E-state index contributed by atoms with van der Waals surface area (Å²) in [5.74, 6) is 0.233. The van der Waals surface area contributed by atoms with Crippen LogP contribution < -0.4 is 9.80 Å². The van der Waals surface area contributed by atoms with Gasteiger partial charge in [-0.3, -0.25) is 4.79 Å². The molecule has 230 valence electrons. The zero-order valence-electron chi connectivity index (χ0n) is 24.3. The highest BCUT2D eigenvalue weighted by Crippen LogP contribution is 2.44. The van der Waals surface area contributed by atoms with Gasteiger partial charge in [0.05, 0.1) is 11.9 Å². The fourth-order valence-corrected chi connectivity index (χ4v) is 7.01. The molecule has 1 aliphatic carbocycles. The second-order valence-corrected chi connectivity index (χ2v) is 12.5. The van der Waals surface area contributed by atoms with E-state index in [2.05, 4.69) is 38.0 Å². The summed E-state index contributed by atoms with van der Waals surface area (Å²) in [6.45, 7) is 5.53. The number of carbonyl (C=O) groups is 2. The van der Waals surface area contributed by atoms with E-state index in [4.69, 9.17) is 0 Å². The zero-order chi connectivity index (χ0) is 29.9. The van der Waals surface area contributed by atoms with Crippen LogP contribution in [0.5, 0.6) is 0 Å². The van der Waals surface area contributed by atoms with E-state index < -0.39 is 5.97 Å². The SMILES string of the molecule is C.Cc1cc(N(C)CC2CCC2c2cccc(F)c2)cn2nc(C(=O)N3CC4(CCN(c5cccc(C(=O)O)n5)C4)C3)nc12. The molecule has 3 aromatic heterocycles. The first-order valence-corrected chi connectivity index (χ1v) is 14.8. The van der Waals surface area contributed by atoms with Gasteiger partial charge < -0.3 is 19.8 Å². The van der Waals surface area contributed by atoms with Gasteiger partial charge in [-0.2, -0.15) is 0 Å². The van der Waals surface area contributed by atoms with Crippen molar-refractivity contribution < 1.29 is 19.1 Å². The molecule has 1 amide bonds. The third kappa shape index (κ3) is 5.24. The summed E-state index contributed by atoms with van der Waals surface area (Å²) in [6, 6.07) is 14.1. The van der Waals surface area contributed by atoms with Crippen molar-refractivity contribution in [3.05, 3.63) is 83.2 Å². The minimum absolute atomic E-state index is 0. The van der Waals surface area contributed by atoms with Gasteiger partial charge >= 0.3 is 5.97 Å². The molecule has 3 aliphatic rings. The third-order valence-electron chi connectivity index (χ3n) is 9.49. The number of carboxylic acid groups (broad SMARTS) is 1. The van der Waals surface area contributed by atoms with Crippen LogP contribution in [0.15, 0.2) is 54.7 Å². The first kappa shape index (κ1) is 29.5. The molecule has 7 rings (SSSR count). The molecule has 3 fully saturated rings. The van der Waals surface area contributed by atoms with Crippen LogP contribution in [0.4, 0.5) is 15.9 Å². The summed E-state index contributed by atoms with van der Waals surface area (Å²) >= 11 is 0. The number of aromatic carboxylic acids is 1. The number of nitrogens with zero attached hydrogens (tertiary/aromatic N) is 7. The topological polar surface area (TPSA) is 107 Å². The number of aromatic nitrogens is 4. The second-order valence-electron chi connectivity index (χ2n) is 12.5. The van der Waals surface area contributed by atoms with Gasteiger partial charge in [0, 0.05) is 45.2 Å². The van der Waals surface area contributed by atoms with E-state index in [-0.39, 0.29) is 36.1 Å². The molecule has 5 heterocycles. The quantitative estimate of drug-likeness (QED) is 0.320. The lowest BCUT2D eigenvalue weighted by Crippen LogP contribution is -2.59. The van der Waals surface area contributed by atoms with Crippen molar-refractivity contribution in [2.24, 2.45) is 11.3 Å². The van der Waals surface area contributed by atoms with Crippen molar-refractivity contribution in [2.75, 3.05) is 49.6 Å². The number of amides is 1. The van der Waals surface area contributed by atoms with E-state index in [0.717, 1.165) is 55.7 Å². The molecule has 0 bridgehead atoms. The molecule has 10 nitrogen and oxygen atoms in total. The molecule has 4 aromatic rings. The standard InChI is InChI=1S/C32H34FN7O3.CH4/c1-20-13-24(37(2)15-22-9-10-25(22)21-5-3-6-23(33)14-21)16-40-29(20)35-28(36-40)30(41)39-18-32(19-39)11-12-38(17-32)27-8-4-7-26(34-27)31(42)43;/h3-8,13-14,16,22,25H,9-12,15,17-19H2,1-2H3,(H,42,43);1H4. The van der Waals surface area contributed by atoms with E-state index in [1.165, 1.54) is 12.1 Å². The van der Waals surface area contributed by atoms with E-state index in [9.17, 15) is 19.1 Å². The minimum atomic E-state index is -1.04. The Bertz CT molecular complexity index is 1730. The second kappa shape index (κ2) is 11.2. The number of likely N-dealkylation sites (tertiary alicyclic amines) is 1. The number of aryl methyl sites for hydroxylation is 1. The summed E-state index contributed by atoms with van der Waals surface area (Å²) in [4.78, 5) is 39.7. The highest BCUT2D eigenvalue weighted by Gasteiger charge is 2.50. The molecular weight excluding hydrogens is 561 g/mol. The molecule has 1 spiro atoms. The van der Waals surface area contributed by atoms with Gasteiger partial charge in [0.15, 0.2) is 11.3 Å². The van der Waals surface area contributed by atoms with E-state index in [1.807, 2.05) is 25.3 Å². The van der Waals surface area contributed by atoms with Gasteiger partial charge in [0.2, 0.25) is 5.82 Å². The average Bonchev–Trinajstić information content (AvgIpc) is 3.60. The first-order chi connectivity index (χ1) is 20.7. The average molecular weight is 600 g/mol. The first-order valence-electron chi connectivity index (χ1n) is 14.8. The fraction of sp³-hybridized carbons (Fsp3) is 0.424. The Morgan fingerprint density at radius 3 is 2.61 bits per heavy atom. The summed E-state index contributed by atoms with van der Waals surface area (Å²) in [7, 11) is 2.06. The Morgan fingerprint density at radius 1 is 1.09 bits per heavy atom. The lowest BCUT2D eigenvalue weighted by atomic mass is 9.70. The van der Waals surface area contributed by atoms with Gasteiger partial charge in [0.1, 0.15) is 11.6 Å². The van der Waals surface area contributed by atoms with Crippen molar-refractivity contribution in [3.63, 3.8) is 0 Å². The van der Waals surface area contributed by atoms with Gasteiger partial charge in [-0.05, 0) is 79.5 Å². The van der Waals surface area contributed by atoms with Crippen LogP contribution in [0.3, 0.4) is 0 Å². The number of rotatable bonds is 7. The van der Waals surface area contributed by atoms with Crippen molar-refractivity contribution in [2.45, 2.75) is 39.5 Å². The molecule has 1 N–H and O–H groups in total. The maximum Gasteiger partial charge on any atom is 0.354 e. The van der Waals surface area contributed by atoms with Gasteiger partial charge in [-0.15, -0.1) is 5.10 Å². The van der Waals surface area contributed by atoms with Gasteiger partial charge in [0.25, 0.3) is 5.91 Å². The molecule has 1 saturated carbocycles. The molecule has 44 heavy (non-hydrogen) atoms. The monoisotopic (exact) mass is 599 g/mol. The van der Waals surface area contributed by atoms with Crippen LogP contribution in [-0.4, -0.2) is 81.2 Å². The predicted octanol–water partition coefficient (Wildman–Crippen LogP) is 4.89. The molecule has 11 heteroatoms. The van der Waals surface area contributed by atoms with Crippen LogP contribution in [-0.2, 0) is 0 Å². The van der Waals surface area contributed by atoms with Crippen molar-refractivity contribution in [1.29, 1.82) is 0 Å². The highest BCUT2D eigenvalue weighted by atomic mass is 19.1. The van der Waals surface area contributed by atoms with Gasteiger partial charge in [-0.25, -0.2) is 23.7 Å². The molecule has 2 unspecified atom stereocenters. The van der Waals surface area contributed by atoms with Crippen LogP contribution in [0.1, 0.15) is 64.8 Å². The number of hydrogen-bond donors (Lipinski definition) is 1. The number of pyridine rings is 2. The molecular formula is C33H38FN7O3. The van der Waals surface area contributed by atoms with E-state index >= 15 is 0 Å². The lowest BCUT2D eigenvalue weighted by molar-refractivity contribution is 0.0157. The van der Waals surface area contributed by atoms with E-state index in [1.54, 1.807) is 27.6 Å². The fourth-order valence-electron chi connectivity index (χ4n) is 7.01. The number of carboxylic acids is 1. The molecule has 2 aliphatic heterocycles. The molecule has 0 radical (unpaired) electrons. The third-order valence-corrected chi connectivity index (χ3v) is 9.49. The van der Waals surface area contributed by atoms with Crippen molar-refractivity contribution in [3.8, 4) is 0 Å². The molecule has 2 atom stereocenters. The normalized spacial score (nSPS) is 20.2. The summed E-state index contributed by atoms with van der Waals surface area (Å²) in [5.41, 5.74) is 3.66. The molecule has 2 saturated heterocycles. The zero-order valence-corrected chi connectivity index (χ0v) is 24.3. The van der Waals surface area contributed by atoms with Crippen molar-refractivity contribution >= 4 is 29.0 Å². The number of hydrogen-bond acceptors (Lipinski definition) is 7. The number of fused-ring (bicyclic) bond motifs is 1. The summed E-state index contributed by atoms with van der Waals surface area (Å²) in [5, 5.41) is 13.9. The Kier molecular flexibility index (Phi) is 7.51. The number of carbonyl (C=O) groups excluding carboxylic acids is 1. The summed E-state index contributed by atoms with van der Waals surface area (Å²) in [6.07, 6.45) is 5.01. The highest BCUT2D eigenvalue weighted by molar-refractivity contribution is 5.92. The van der Waals surface area contributed by atoms with Crippen molar-refractivity contribution in [1.82, 2.24) is 24.5 Å². The number of halogens is 1. The van der Waals surface area contributed by atoms with E-state index in [0.29, 0.717) is 36.4 Å². The summed E-state index contributed by atoms with van der Waals surface area (Å²) < 4.78 is 15.5.